The highest BCUT2D eigenvalue weighted by Gasteiger charge is 2.45. The number of rotatable bonds is 4. The summed E-state index contributed by atoms with van der Waals surface area (Å²) in [6.07, 6.45) is 4.44. The van der Waals surface area contributed by atoms with E-state index in [0.29, 0.717) is 19.8 Å². The highest BCUT2D eigenvalue weighted by molar-refractivity contribution is 5.88. The molecule has 4 heterocycles. The van der Waals surface area contributed by atoms with Gasteiger partial charge in [-0.3, -0.25) is 4.79 Å². The van der Waals surface area contributed by atoms with Crippen LogP contribution in [0, 0.1) is 0 Å². The third-order valence-corrected chi connectivity index (χ3v) is 7.67. The van der Waals surface area contributed by atoms with Gasteiger partial charge in [0.15, 0.2) is 0 Å². The largest absolute Gasteiger partial charge is 0.381 e. The van der Waals surface area contributed by atoms with Gasteiger partial charge in [0.1, 0.15) is 11.6 Å². The van der Waals surface area contributed by atoms with Crippen molar-refractivity contribution in [3.8, 4) is 0 Å². The van der Waals surface area contributed by atoms with Crippen molar-refractivity contribution in [1.82, 2.24) is 19.8 Å². The average Bonchev–Trinajstić information content (AvgIpc) is 2.88. The maximum Gasteiger partial charge on any atom is 0.233 e. The standard InChI is InChI=1S/C26H35N5O2/c1-27-24-21-10-14-30(2)18-22(21)28-23(29-24)19-7-6-13-31(17-19)25(32)26(11-15-33-16-12-26)20-8-4-3-5-9-20/h3-5,8-9,19H,6-7,10-18H2,1-2H3,(H,27,28,29). The molecule has 1 N–H and O–H groups in total. The molecule has 2 fully saturated rings. The van der Waals surface area contributed by atoms with E-state index in [-0.39, 0.29) is 11.8 Å². The normalized spacial score (nSPS) is 23.1. The molecule has 3 aliphatic rings. The van der Waals surface area contributed by atoms with Crippen LogP contribution in [0.3, 0.4) is 0 Å². The summed E-state index contributed by atoms with van der Waals surface area (Å²) >= 11 is 0. The molecule has 7 nitrogen and oxygen atoms in total. The molecule has 1 atom stereocenters. The maximum absolute atomic E-state index is 14.1. The molecule has 2 saturated heterocycles. The molecule has 1 unspecified atom stereocenters. The zero-order valence-corrected chi connectivity index (χ0v) is 19.8. The number of nitrogens with zero attached hydrogens (tertiary/aromatic N) is 4. The number of hydrogen-bond acceptors (Lipinski definition) is 6. The van der Waals surface area contributed by atoms with Crippen LogP contribution in [0.2, 0.25) is 0 Å². The number of likely N-dealkylation sites (N-methyl/N-ethyl adjacent to an activating group) is 1. The molecule has 7 heteroatoms. The Labute approximate surface area is 196 Å². The number of nitrogens with one attached hydrogen (secondary N) is 1. The Morgan fingerprint density at radius 3 is 2.70 bits per heavy atom. The van der Waals surface area contributed by atoms with Gasteiger partial charge in [0.25, 0.3) is 0 Å². The minimum Gasteiger partial charge on any atom is -0.381 e. The van der Waals surface area contributed by atoms with E-state index in [1.54, 1.807) is 0 Å². The molecule has 0 saturated carbocycles. The van der Waals surface area contributed by atoms with Crippen LogP contribution in [0.1, 0.15) is 54.2 Å². The Kier molecular flexibility index (Phi) is 6.34. The van der Waals surface area contributed by atoms with Crippen LogP contribution >= 0.6 is 0 Å². The number of hydrogen-bond donors (Lipinski definition) is 1. The Hall–Kier alpha value is -2.51. The molecule has 0 radical (unpaired) electrons. The summed E-state index contributed by atoms with van der Waals surface area (Å²) in [6, 6.07) is 10.3. The molecule has 0 bridgehead atoms. The van der Waals surface area contributed by atoms with Crippen LogP contribution < -0.4 is 5.32 Å². The van der Waals surface area contributed by atoms with Gasteiger partial charge in [0.2, 0.25) is 5.91 Å². The van der Waals surface area contributed by atoms with E-state index in [4.69, 9.17) is 14.7 Å². The Bertz CT molecular complexity index is 990. The maximum atomic E-state index is 14.1. The number of anilines is 1. The monoisotopic (exact) mass is 449 g/mol. The van der Waals surface area contributed by atoms with E-state index < -0.39 is 5.41 Å². The third-order valence-electron chi connectivity index (χ3n) is 7.67. The third kappa shape index (κ3) is 4.24. The summed E-state index contributed by atoms with van der Waals surface area (Å²) in [7, 11) is 4.08. The summed E-state index contributed by atoms with van der Waals surface area (Å²) in [4.78, 5) is 28.4. The van der Waals surface area contributed by atoms with E-state index >= 15 is 0 Å². The second kappa shape index (κ2) is 9.39. The number of piperidine rings is 1. The predicted octanol–water partition coefficient (Wildman–Crippen LogP) is 2.96. The molecule has 33 heavy (non-hydrogen) atoms. The first-order chi connectivity index (χ1) is 16.1. The van der Waals surface area contributed by atoms with Crippen LogP contribution in [-0.2, 0) is 27.9 Å². The lowest BCUT2D eigenvalue weighted by Crippen LogP contribution is -2.52. The second-order valence-corrected chi connectivity index (χ2v) is 9.74. The average molecular weight is 450 g/mol. The number of ether oxygens (including phenoxy) is 1. The quantitative estimate of drug-likeness (QED) is 0.774. The summed E-state index contributed by atoms with van der Waals surface area (Å²) in [5, 5.41) is 3.30. The molecule has 1 aromatic heterocycles. The van der Waals surface area contributed by atoms with Crippen molar-refractivity contribution in [2.24, 2.45) is 0 Å². The molecule has 5 rings (SSSR count). The molecular formula is C26H35N5O2. The predicted molar refractivity (Wildman–Crippen MR) is 128 cm³/mol. The van der Waals surface area contributed by atoms with Gasteiger partial charge >= 0.3 is 0 Å². The number of likely N-dealkylation sites (tertiary alicyclic amines) is 1. The highest BCUT2D eigenvalue weighted by Crippen LogP contribution is 2.39. The van der Waals surface area contributed by atoms with Gasteiger partial charge < -0.3 is 19.9 Å². The lowest BCUT2D eigenvalue weighted by Gasteiger charge is -2.42. The van der Waals surface area contributed by atoms with Gasteiger partial charge in [-0.15, -0.1) is 0 Å². The minimum absolute atomic E-state index is 0.167. The number of fused-ring (bicyclic) bond motifs is 1. The molecule has 0 spiro atoms. The molecule has 2 aromatic rings. The van der Waals surface area contributed by atoms with Gasteiger partial charge in [0, 0.05) is 57.9 Å². The van der Waals surface area contributed by atoms with Crippen LogP contribution in [0.15, 0.2) is 30.3 Å². The fourth-order valence-corrected chi connectivity index (χ4v) is 5.75. The zero-order valence-electron chi connectivity index (χ0n) is 19.8. The van der Waals surface area contributed by atoms with Gasteiger partial charge in [-0.2, -0.15) is 0 Å². The minimum atomic E-state index is -0.489. The first kappa shape index (κ1) is 22.3. The molecule has 1 amide bonds. The van der Waals surface area contributed by atoms with Crippen molar-refractivity contribution in [2.75, 3.05) is 52.3 Å². The Morgan fingerprint density at radius 1 is 1.15 bits per heavy atom. The van der Waals surface area contributed by atoms with Crippen LogP contribution in [0.25, 0.3) is 0 Å². The van der Waals surface area contributed by atoms with E-state index in [1.807, 2.05) is 25.2 Å². The van der Waals surface area contributed by atoms with Gasteiger partial charge in [-0.1, -0.05) is 30.3 Å². The van der Waals surface area contributed by atoms with Crippen molar-refractivity contribution in [3.63, 3.8) is 0 Å². The molecule has 1 aromatic carbocycles. The highest BCUT2D eigenvalue weighted by atomic mass is 16.5. The Morgan fingerprint density at radius 2 is 1.94 bits per heavy atom. The molecular weight excluding hydrogens is 414 g/mol. The first-order valence-electron chi connectivity index (χ1n) is 12.3. The Balaban J connectivity index is 1.42. The second-order valence-electron chi connectivity index (χ2n) is 9.74. The van der Waals surface area contributed by atoms with E-state index in [0.717, 1.165) is 74.6 Å². The molecule has 3 aliphatic heterocycles. The number of carbonyl (C=O) groups is 1. The lowest BCUT2D eigenvalue weighted by molar-refractivity contribution is -0.142. The van der Waals surface area contributed by atoms with Crippen molar-refractivity contribution in [2.45, 2.75) is 50.0 Å². The zero-order chi connectivity index (χ0) is 22.8. The van der Waals surface area contributed by atoms with E-state index in [9.17, 15) is 4.79 Å². The number of aromatic nitrogens is 2. The molecule has 0 aliphatic carbocycles. The number of benzene rings is 1. The van der Waals surface area contributed by atoms with E-state index in [1.165, 1.54) is 5.56 Å². The van der Waals surface area contributed by atoms with Crippen molar-refractivity contribution >= 4 is 11.7 Å². The smallest absolute Gasteiger partial charge is 0.233 e. The summed E-state index contributed by atoms with van der Waals surface area (Å²) in [5.41, 5.74) is 3.00. The summed E-state index contributed by atoms with van der Waals surface area (Å²) in [6.45, 7) is 4.63. The topological polar surface area (TPSA) is 70.6 Å². The SMILES string of the molecule is CNc1nc(C2CCCN(C(=O)C3(c4ccccc4)CCOCC3)C2)nc2c1CCN(C)C2. The van der Waals surface area contributed by atoms with E-state index in [2.05, 4.69) is 34.3 Å². The van der Waals surface area contributed by atoms with Gasteiger partial charge in [0.05, 0.1) is 11.1 Å². The van der Waals surface area contributed by atoms with Crippen LogP contribution in [0.5, 0.6) is 0 Å². The molecule has 176 valence electrons. The van der Waals surface area contributed by atoms with Crippen molar-refractivity contribution in [3.05, 3.63) is 53.0 Å². The number of carbonyl (C=O) groups excluding carboxylic acids is 1. The summed E-state index contributed by atoms with van der Waals surface area (Å²) in [5.74, 6) is 2.25. The van der Waals surface area contributed by atoms with Gasteiger partial charge in [-0.05, 0) is 44.7 Å². The lowest BCUT2D eigenvalue weighted by atomic mass is 9.72. The van der Waals surface area contributed by atoms with Crippen LogP contribution in [-0.4, -0.2) is 72.6 Å². The van der Waals surface area contributed by atoms with Crippen molar-refractivity contribution < 1.29 is 9.53 Å². The van der Waals surface area contributed by atoms with Crippen LogP contribution in [0.4, 0.5) is 5.82 Å². The summed E-state index contributed by atoms with van der Waals surface area (Å²) < 4.78 is 5.66. The fraction of sp³-hybridized carbons (Fsp3) is 0.577. The fourth-order valence-electron chi connectivity index (χ4n) is 5.75. The van der Waals surface area contributed by atoms with Gasteiger partial charge in [-0.25, -0.2) is 9.97 Å². The van der Waals surface area contributed by atoms with Crippen molar-refractivity contribution in [1.29, 1.82) is 0 Å². The first-order valence-corrected chi connectivity index (χ1v) is 12.3. The number of amides is 1.